The van der Waals surface area contributed by atoms with Gasteiger partial charge in [0.1, 0.15) is 24.3 Å². The molecule has 0 saturated heterocycles. The van der Waals surface area contributed by atoms with Crippen molar-refractivity contribution < 1.29 is 9.18 Å². The number of carbonyl (C=O) groups excluding carboxylic acids is 1. The van der Waals surface area contributed by atoms with E-state index in [9.17, 15) is 9.18 Å². The molecule has 0 unspecified atom stereocenters. The van der Waals surface area contributed by atoms with Crippen LogP contribution >= 0.6 is 0 Å². The molecular weight excluding hydrogens is 287 g/mol. The predicted octanol–water partition coefficient (Wildman–Crippen LogP) is 1.39. The second kappa shape index (κ2) is 6.33. The lowest BCUT2D eigenvalue weighted by Gasteiger charge is -2.03. The molecule has 1 amide bonds. The van der Waals surface area contributed by atoms with E-state index in [-0.39, 0.29) is 11.7 Å². The van der Waals surface area contributed by atoms with Crippen LogP contribution in [0.2, 0.25) is 0 Å². The molecule has 0 atom stereocenters. The van der Waals surface area contributed by atoms with Gasteiger partial charge in [-0.2, -0.15) is 5.10 Å². The summed E-state index contributed by atoms with van der Waals surface area (Å²) in [4.78, 5) is 22.9. The van der Waals surface area contributed by atoms with Crippen LogP contribution < -0.4 is 5.32 Å². The number of carbonyl (C=O) groups is 1. The summed E-state index contributed by atoms with van der Waals surface area (Å²) >= 11 is 0. The molecule has 0 aliphatic carbocycles. The standard InChI is InChI=1S/C14H15FN6O/c15-10-3-4-11-12(6-10)20-13(19-11)7-17-14(22)2-1-5-21-9-16-8-18-21/h3-4,6,8-9H,1-2,5,7H2,(H,17,22)(H,19,20). The number of aromatic amines is 1. The van der Waals surface area contributed by atoms with Gasteiger partial charge in [-0.1, -0.05) is 0 Å². The average molecular weight is 302 g/mol. The first kappa shape index (κ1) is 14.2. The van der Waals surface area contributed by atoms with Gasteiger partial charge in [0.05, 0.1) is 17.6 Å². The van der Waals surface area contributed by atoms with Crippen molar-refractivity contribution in [1.29, 1.82) is 0 Å². The van der Waals surface area contributed by atoms with Gasteiger partial charge >= 0.3 is 0 Å². The first-order valence-corrected chi connectivity index (χ1v) is 6.94. The van der Waals surface area contributed by atoms with Crippen molar-refractivity contribution in [2.75, 3.05) is 0 Å². The normalized spacial score (nSPS) is 11.0. The number of nitrogens with zero attached hydrogens (tertiary/aromatic N) is 4. The highest BCUT2D eigenvalue weighted by Gasteiger charge is 2.06. The van der Waals surface area contributed by atoms with Gasteiger partial charge in [0.15, 0.2) is 0 Å². The van der Waals surface area contributed by atoms with Crippen LogP contribution in [0.25, 0.3) is 11.0 Å². The number of fused-ring (bicyclic) bond motifs is 1. The molecule has 0 fully saturated rings. The minimum atomic E-state index is -0.320. The molecule has 2 heterocycles. The lowest BCUT2D eigenvalue weighted by atomic mass is 10.3. The molecule has 2 aromatic heterocycles. The molecule has 22 heavy (non-hydrogen) atoms. The summed E-state index contributed by atoms with van der Waals surface area (Å²) in [5.41, 5.74) is 1.30. The molecule has 0 aliphatic rings. The quantitative estimate of drug-likeness (QED) is 0.720. The SMILES string of the molecule is O=C(CCCn1cncn1)NCc1nc2ccc(F)cc2[nH]1. The number of amides is 1. The smallest absolute Gasteiger partial charge is 0.220 e. The fourth-order valence-corrected chi connectivity index (χ4v) is 2.14. The lowest BCUT2D eigenvalue weighted by molar-refractivity contribution is -0.121. The number of halogens is 1. The summed E-state index contributed by atoms with van der Waals surface area (Å²) in [6, 6.07) is 4.34. The summed E-state index contributed by atoms with van der Waals surface area (Å²) in [5, 5.41) is 6.75. The maximum absolute atomic E-state index is 13.1. The van der Waals surface area contributed by atoms with Crippen LogP contribution in [0.1, 0.15) is 18.7 Å². The van der Waals surface area contributed by atoms with Gasteiger partial charge in [-0.25, -0.2) is 14.4 Å². The summed E-state index contributed by atoms with van der Waals surface area (Å²) in [6.07, 6.45) is 4.16. The molecule has 0 radical (unpaired) electrons. The molecule has 1 aromatic carbocycles. The van der Waals surface area contributed by atoms with E-state index in [1.165, 1.54) is 18.5 Å². The molecular formula is C14H15FN6O. The van der Waals surface area contributed by atoms with E-state index in [4.69, 9.17) is 0 Å². The first-order valence-electron chi connectivity index (χ1n) is 6.94. The van der Waals surface area contributed by atoms with Crippen molar-refractivity contribution in [3.05, 3.63) is 42.5 Å². The molecule has 0 spiro atoms. The van der Waals surface area contributed by atoms with E-state index in [2.05, 4.69) is 25.4 Å². The van der Waals surface area contributed by atoms with Gasteiger partial charge < -0.3 is 10.3 Å². The van der Waals surface area contributed by atoms with Crippen LogP contribution in [0.15, 0.2) is 30.9 Å². The number of hydrogen-bond donors (Lipinski definition) is 2. The number of aryl methyl sites for hydroxylation is 1. The van der Waals surface area contributed by atoms with Crippen molar-refractivity contribution in [2.24, 2.45) is 0 Å². The Morgan fingerprint density at radius 1 is 1.41 bits per heavy atom. The van der Waals surface area contributed by atoms with Crippen molar-refractivity contribution in [3.63, 3.8) is 0 Å². The van der Waals surface area contributed by atoms with Crippen molar-refractivity contribution in [1.82, 2.24) is 30.0 Å². The van der Waals surface area contributed by atoms with Gasteiger partial charge in [0, 0.05) is 13.0 Å². The molecule has 3 rings (SSSR count). The number of nitrogens with one attached hydrogen (secondary N) is 2. The summed E-state index contributed by atoms with van der Waals surface area (Å²) < 4.78 is 14.8. The van der Waals surface area contributed by atoms with E-state index in [1.54, 1.807) is 17.1 Å². The van der Waals surface area contributed by atoms with Crippen LogP contribution in [-0.2, 0) is 17.9 Å². The lowest BCUT2D eigenvalue weighted by Crippen LogP contribution is -2.23. The van der Waals surface area contributed by atoms with E-state index in [1.807, 2.05) is 0 Å². The van der Waals surface area contributed by atoms with Crippen LogP contribution in [0.5, 0.6) is 0 Å². The van der Waals surface area contributed by atoms with Gasteiger partial charge in [-0.3, -0.25) is 9.48 Å². The molecule has 8 heteroatoms. The van der Waals surface area contributed by atoms with Crippen LogP contribution in [-0.4, -0.2) is 30.6 Å². The molecule has 0 aliphatic heterocycles. The third-order valence-electron chi connectivity index (χ3n) is 3.20. The van der Waals surface area contributed by atoms with Crippen LogP contribution in [0.4, 0.5) is 4.39 Å². The summed E-state index contributed by atoms with van der Waals surface area (Å²) in [7, 11) is 0. The minimum Gasteiger partial charge on any atom is -0.349 e. The Balaban J connectivity index is 1.47. The Bertz CT molecular complexity index is 767. The maximum atomic E-state index is 13.1. The van der Waals surface area contributed by atoms with E-state index in [0.717, 1.165) is 0 Å². The Labute approximate surface area is 125 Å². The van der Waals surface area contributed by atoms with Gasteiger partial charge in [0.2, 0.25) is 5.91 Å². The second-order valence-electron chi connectivity index (χ2n) is 4.88. The highest BCUT2D eigenvalue weighted by atomic mass is 19.1. The number of imidazole rings is 1. The third-order valence-corrected chi connectivity index (χ3v) is 3.20. The molecule has 2 N–H and O–H groups in total. The Morgan fingerprint density at radius 2 is 2.32 bits per heavy atom. The molecule has 7 nitrogen and oxygen atoms in total. The number of benzene rings is 1. The zero-order valence-corrected chi connectivity index (χ0v) is 11.8. The van der Waals surface area contributed by atoms with Crippen LogP contribution in [0.3, 0.4) is 0 Å². The molecule has 0 bridgehead atoms. The number of hydrogen-bond acceptors (Lipinski definition) is 4. The summed E-state index contributed by atoms with van der Waals surface area (Å²) in [5.74, 6) is 0.219. The van der Waals surface area contributed by atoms with E-state index >= 15 is 0 Å². The Morgan fingerprint density at radius 3 is 3.14 bits per heavy atom. The highest BCUT2D eigenvalue weighted by molar-refractivity contribution is 5.76. The zero-order chi connectivity index (χ0) is 15.4. The van der Waals surface area contributed by atoms with Crippen LogP contribution in [0, 0.1) is 5.82 Å². The second-order valence-corrected chi connectivity index (χ2v) is 4.88. The van der Waals surface area contributed by atoms with E-state index in [0.29, 0.717) is 42.8 Å². The number of H-pyrrole nitrogens is 1. The van der Waals surface area contributed by atoms with Crippen molar-refractivity contribution in [2.45, 2.75) is 25.9 Å². The van der Waals surface area contributed by atoms with Gasteiger partial charge in [-0.15, -0.1) is 0 Å². The monoisotopic (exact) mass is 302 g/mol. The highest BCUT2D eigenvalue weighted by Crippen LogP contribution is 2.12. The molecule has 0 saturated carbocycles. The Kier molecular flexibility index (Phi) is 4.08. The third kappa shape index (κ3) is 3.46. The molecule has 114 valence electrons. The van der Waals surface area contributed by atoms with Gasteiger partial charge in [-0.05, 0) is 24.6 Å². The number of aromatic nitrogens is 5. The Hall–Kier alpha value is -2.77. The predicted molar refractivity (Wildman–Crippen MR) is 77.2 cm³/mol. The molecule has 3 aromatic rings. The fourth-order valence-electron chi connectivity index (χ4n) is 2.14. The maximum Gasteiger partial charge on any atom is 0.220 e. The zero-order valence-electron chi connectivity index (χ0n) is 11.8. The van der Waals surface area contributed by atoms with E-state index < -0.39 is 0 Å². The van der Waals surface area contributed by atoms with Gasteiger partial charge in [0.25, 0.3) is 0 Å². The first-order chi connectivity index (χ1) is 10.7. The minimum absolute atomic E-state index is 0.0632. The topological polar surface area (TPSA) is 88.5 Å². The fraction of sp³-hybridized carbons (Fsp3) is 0.286. The largest absolute Gasteiger partial charge is 0.349 e. The van der Waals surface area contributed by atoms with Crippen molar-refractivity contribution in [3.8, 4) is 0 Å². The average Bonchev–Trinajstić information content (AvgIpc) is 3.13. The summed E-state index contributed by atoms with van der Waals surface area (Å²) in [6.45, 7) is 0.940. The van der Waals surface area contributed by atoms with Crippen molar-refractivity contribution >= 4 is 16.9 Å². The number of rotatable bonds is 6.